The Morgan fingerprint density at radius 1 is 1.40 bits per heavy atom. The molecule has 20 heavy (non-hydrogen) atoms. The van der Waals surface area contributed by atoms with E-state index in [1.165, 1.54) is 23.3 Å². The van der Waals surface area contributed by atoms with Gasteiger partial charge in [-0.15, -0.1) is 0 Å². The smallest absolute Gasteiger partial charge is 0.171 e. The Balaban J connectivity index is 2.09. The van der Waals surface area contributed by atoms with E-state index in [1.54, 1.807) is 4.57 Å². The van der Waals surface area contributed by atoms with Crippen LogP contribution in [0.4, 0.5) is 0 Å². The lowest BCUT2D eigenvalue weighted by atomic mass is 10.1. The van der Waals surface area contributed by atoms with Gasteiger partial charge in [-0.1, -0.05) is 11.8 Å². The van der Waals surface area contributed by atoms with E-state index in [2.05, 4.69) is 9.36 Å². The van der Waals surface area contributed by atoms with Crippen LogP contribution >= 0.6 is 23.3 Å². The van der Waals surface area contributed by atoms with Crippen LogP contribution in [-0.4, -0.2) is 60.4 Å². The number of imidazole rings is 1. The Kier molecular flexibility index (Phi) is 3.73. The fraction of sp³-hybridized carbons (Fsp3) is 0.636. The molecule has 1 aliphatic rings. The second kappa shape index (κ2) is 5.24. The number of fused-ring (bicyclic) bond motifs is 1. The molecule has 3 rings (SSSR count). The first-order valence-electron chi connectivity index (χ1n) is 6.09. The van der Waals surface area contributed by atoms with Crippen LogP contribution in [0.25, 0.3) is 10.3 Å². The first kappa shape index (κ1) is 14.2. The van der Waals surface area contributed by atoms with Gasteiger partial charge >= 0.3 is 0 Å². The van der Waals surface area contributed by atoms with E-state index in [4.69, 9.17) is 4.74 Å². The number of ether oxygens (including phenoxy) is 1. The van der Waals surface area contributed by atoms with Gasteiger partial charge in [0, 0.05) is 0 Å². The summed E-state index contributed by atoms with van der Waals surface area (Å²) in [6.45, 7) is 1.53. The lowest BCUT2D eigenvalue weighted by Gasteiger charge is -2.18. The molecule has 0 radical (unpaired) electrons. The SMILES string of the molecule is CSc1nc2c(C)nsc2n1[C@@H]1O[C@H](CO)[C@@H](O)[C@H]1O. The summed E-state index contributed by atoms with van der Waals surface area (Å²) in [6.07, 6.45) is -1.92. The van der Waals surface area contributed by atoms with Gasteiger partial charge in [0.15, 0.2) is 11.4 Å². The summed E-state index contributed by atoms with van der Waals surface area (Å²) in [5.74, 6) is 0. The number of thioether (sulfide) groups is 1. The number of rotatable bonds is 3. The van der Waals surface area contributed by atoms with Gasteiger partial charge in [-0.2, -0.15) is 4.37 Å². The normalized spacial score (nSPS) is 30.4. The highest BCUT2D eigenvalue weighted by atomic mass is 32.2. The highest BCUT2D eigenvalue weighted by molar-refractivity contribution is 7.98. The van der Waals surface area contributed by atoms with Crippen LogP contribution in [0.15, 0.2) is 5.16 Å². The Hall–Kier alpha value is -0.710. The maximum absolute atomic E-state index is 10.2. The van der Waals surface area contributed by atoms with Gasteiger partial charge in [-0.3, -0.25) is 4.57 Å². The van der Waals surface area contributed by atoms with Crippen molar-refractivity contribution >= 4 is 33.6 Å². The Labute approximate surface area is 123 Å². The lowest BCUT2D eigenvalue weighted by Crippen LogP contribution is -2.33. The van der Waals surface area contributed by atoms with E-state index >= 15 is 0 Å². The van der Waals surface area contributed by atoms with Gasteiger partial charge in [0.05, 0.1) is 12.3 Å². The van der Waals surface area contributed by atoms with Crippen LogP contribution in [0.5, 0.6) is 0 Å². The molecule has 0 unspecified atom stereocenters. The average molecular weight is 317 g/mol. The minimum atomic E-state index is -1.12. The third-order valence-electron chi connectivity index (χ3n) is 3.40. The minimum absolute atomic E-state index is 0.344. The molecule has 0 saturated carbocycles. The van der Waals surface area contributed by atoms with Crippen molar-refractivity contribution in [2.45, 2.75) is 36.6 Å². The molecule has 1 fully saturated rings. The molecule has 1 aliphatic heterocycles. The van der Waals surface area contributed by atoms with E-state index in [-0.39, 0.29) is 6.61 Å². The Morgan fingerprint density at radius 3 is 2.75 bits per heavy atom. The Bertz CT molecular complexity index is 628. The van der Waals surface area contributed by atoms with Crippen molar-refractivity contribution in [2.24, 2.45) is 0 Å². The van der Waals surface area contributed by atoms with Crippen LogP contribution in [-0.2, 0) is 4.74 Å². The predicted octanol–water partition coefficient (Wildman–Crippen LogP) is 0.135. The highest BCUT2D eigenvalue weighted by Crippen LogP contribution is 2.37. The molecule has 9 heteroatoms. The lowest BCUT2D eigenvalue weighted by molar-refractivity contribution is -0.0543. The fourth-order valence-electron chi connectivity index (χ4n) is 2.34. The molecule has 3 N–H and O–H groups in total. The van der Waals surface area contributed by atoms with Crippen LogP contribution in [0.1, 0.15) is 11.9 Å². The van der Waals surface area contributed by atoms with Gasteiger partial charge in [0.1, 0.15) is 28.7 Å². The van der Waals surface area contributed by atoms with Gasteiger partial charge in [0.25, 0.3) is 0 Å². The summed E-state index contributed by atoms with van der Waals surface area (Å²) in [5, 5.41) is 29.9. The summed E-state index contributed by atoms with van der Waals surface area (Å²) in [5.41, 5.74) is 1.60. The van der Waals surface area contributed by atoms with Crippen molar-refractivity contribution in [1.82, 2.24) is 13.9 Å². The number of nitrogens with zero attached hydrogens (tertiary/aromatic N) is 3. The molecule has 0 amide bonds. The molecule has 0 spiro atoms. The van der Waals surface area contributed by atoms with E-state index in [1.807, 2.05) is 13.2 Å². The van der Waals surface area contributed by atoms with Crippen LogP contribution in [0.2, 0.25) is 0 Å². The zero-order chi connectivity index (χ0) is 14.4. The van der Waals surface area contributed by atoms with Crippen LogP contribution < -0.4 is 0 Å². The number of aryl methyl sites for hydroxylation is 1. The molecule has 7 nitrogen and oxygen atoms in total. The first-order valence-corrected chi connectivity index (χ1v) is 8.09. The molecule has 0 aromatic carbocycles. The molecular formula is C11H15N3O4S2. The van der Waals surface area contributed by atoms with Gasteiger partial charge in [-0.25, -0.2) is 4.98 Å². The molecule has 110 valence electrons. The van der Waals surface area contributed by atoms with Crippen LogP contribution in [0, 0.1) is 6.92 Å². The molecule has 1 saturated heterocycles. The van der Waals surface area contributed by atoms with Crippen molar-refractivity contribution in [1.29, 1.82) is 0 Å². The molecular weight excluding hydrogens is 302 g/mol. The third kappa shape index (κ3) is 1.97. The summed E-state index contributed by atoms with van der Waals surface area (Å²) < 4.78 is 11.6. The minimum Gasteiger partial charge on any atom is -0.394 e. The maximum atomic E-state index is 10.2. The molecule has 3 heterocycles. The highest BCUT2D eigenvalue weighted by Gasteiger charge is 2.44. The van der Waals surface area contributed by atoms with Gasteiger partial charge in [-0.05, 0) is 24.7 Å². The van der Waals surface area contributed by atoms with E-state index < -0.39 is 24.5 Å². The zero-order valence-electron chi connectivity index (χ0n) is 10.9. The van der Waals surface area contributed by atoms with Crippen LogP contribution in [0.3, 0.4) is 0 Å². The number of aromatic nitrogens is 3. The van der Waals surface area contributed by atoms with Crippen molar-refractivity contribution < 1.29 is 20.1 Å². The van der Waals surface area contributed by atoms with E-state index in [0.717, 1.165) is 16.0 Å². The summed E-state index contributed by atoms with van der Waals surface area (Å²) in [6, 6.07) is 0. The van der Waals surface area contributed by atoms with E-state index in [9.17, 15) is 15.3 Å². The van der Waals surface area contributed by atoms with Crippen molar-refractivity contribution in [2.75, 3.05) is 12.9 Å². The molecule has 2 aromatic heterocycles. The van der Waals surface area contributed by atoms with Crippen molar-refractivity contribution in [3.8, 4) is 0 Å². The fourth-order valence-corrected chi connectivity index (χ4v) is 3.84. The largest absolute Gasteiger partial charge is 0.394 e. The molecule has 0 bridgehead atoms. The third-order valence-corrected chi connectivity index (χ3v) is 4.98. The topological polar surface area (TPSA) is 101 Å². The van der Waals surface area contributed by atoms with Crippen molar-refractivity contribution in [3.05, 3.63) is 5.69 Å². The number of hydrogen-bond donors (Lipinski definition) is 3. The predicted molar refractivity (Wildman–Crippen MR) is 74.9 cm³/mol. The first-order chi connectivity index (χ1) is 9.58. The summed E-state index contributed by atoms with van der Waals surface area (Å²) in [4.78, 5) is 5.28. The molecule has 2 aromatic rings. The number of aliphatic hydroxyl groups is 3. The summed E-state index contributed by atoms with van der Waals surface area (Å²) in [7, 11) is 0. The quantitative estimate of drug-likeness (QED) is 0.692. The average Bonchev–Trinajstić information content (AvgIpc) is 3.06. The van der Waals surface area contributed by atoms with Gasteiger partial charge < -0.3 is 20.1 Å². The second-order valence-corrected chi connectivity index (χ2v) is 6.14. The Morgan fingerprint density at radius 2 is 2.15 bits per heavy atom. The monoisotopic (exact) mass is 317 g/mol. The summed E-state index contributed by atoms with van der Waals surface area (Å²) >= 11 is 2.71. The number of hydrogen-bond acceptors (Lipinski definition) is 8. The zero-order valence-corrected chi connectivity index (χ0v) is 12.6. The van der Waals surface area contributed by atoms with Crippen molar-refractivity contribution in [3.63, 3.8) is 0 Å². The maximum Gasteiger partial charge on any atom is 0.171 e. The van der Waals surface area contributed by atoms with Gasteiger partial charge in [0.2, 0.25) is 0 Å². The van der Waals surface area contributed by atoms with E-state index in [0.29, 0.717) is 5.16 Å². The molecule has 0 aliphatic carbocycles. The second-order valence-electron chi connectivity index (χ2n) is 4.62. The molecule has 4 atom stereocenters. The number of aliphatic hydroxyl groups excluding tert-OH is 3. The standard InChI is InChI=1S/C11H15N3O4S2/c1-4-6-10(20-13-4)14(11(12-6)19-2)9-8(17)7(16)5(3-15)18-9/h5,7-9,15-17H,3H2,1-2H3/t5-,7-,8-,9-/m1/s1.